The van der Waals surface area contributed by atoms with Crippen molar-refractivity contribution in [3.63, 3.8) is 0 Å². The lowest BCUT2D eigenvalue weighted by Gasteiger charge is -2.46. The van der Waals surface area contributed by atoms with E-state index in [1.807, 2.05) is 6.92 Å². The maximum absolute atomic E-state index is 11.5. The molecule has 1 aliphatic heterocycles. The summed E-state index contributed by atoms with van der Waals surface area (Å²) in [5, 5.41) is 9.72. The average Bonchev–Trinajstić information content (AvgIpc) is 2.09. The summed E-state index contributed by atoms with van der Waals surface area (Å²) < 4.78 is 0. The number of carbonyl (C=O) groups excluding carboxylic acids is 1. The Hall–Kier alpha value is -0.570. The van der Waals surface area contributed by atoms with Crippen LogP contribution in [0.25, 0.3) is 0 Å². The van der Waals surface area contributed by atoms with Gasteiger partial charge in [-0.15, -0.1) is 0 Å². The molecular formula is C11H21NO2. The molecular weight excluding hydrogens is 178 g/mol. The van der Waals surface area contributed by atoms with Crippen molar-refractivity contribution in [2.24, 2.45) is 5.92 Å². The monoisotopic (exact) mass is 199 g/mol. The van der Waals surface area contributed by atoms with Crippen LogP contribution in [-0.4, -0.2) is 34.6 Å². The summed E-state index contributed by atoms with van der Waals surface area (Å²) in [6, 6.07) is 0. The topological polar surface area (TPSA) is 40.5 Å². The molecule has 0 radical (unpaired) electrons. The summed E-state index contributed by atoms with van der Waals surface area (Å²) in [5.74, 6) is 0.766. The zero-order valence-electron chi connectivity index (χ0n) is 9.42. The van der Waals surface area contributed by atoms with Crippen molar-refractivity contribution in [2.75, 3.05) is 13.1 Å². The van der Waals surface area contributed by atoms with Gasteiger partial charge in [0.1, 0.15) is 0 Å². The van der Waals surface area contributed by atoms with E-state index in [0.717, 1.165) is 12.8 Å². The van der Waals surface area contributed by atoms with Gasteiger partial charge in [-0.2, -0.15) is 0 Å². The molecule has 1 N–H and O–H groups in total. The molecule has 0 spiro atoms. The lowest BCUT2D eigenvalue weighted by Crippen LogP contribution is -2.63. The minimum absolute atomic E-state index is 0.192. The van der Waals surface area contributed by atoms with Gasteiger partial charge in [0.05, 0.1) is 18.7 Å². The molecule has 0 atom stereocenters. The molecule has 0 unspecified atom stereocenters. The van der Waals surface area contributed by atoms with Gasteiger partial charge >= 0.3 is 0 Å². The van der Waals surface area contributed by atoms with Crippen LogP contribution in [0.5, 0.6) is 0 Å². The van der Waals surface area contributed by atoms with E-state index in [0.29, 0.717) is 25.4 Å². The Kier molecular flexibility index (Phi) is 3.53. The van der Waals surface area contributed by atoms with E-state index in [-0.39, 0.29) is 5.91 Å². The Labute approximate surface area is 86.1 Å². The predicted octanol–water partition coefficient (Wildman–Crippen LogP) is 1.41. The Bertz CT molecular complexity index is 207. The smallest absolute Gasteiger partial charge is 0.222 e. The molecule has 1 fully saturated rings. The van der Waals surface area contributed by atoms with Crippen molar-refractivity contribution in [1.29, 1.82) is 0 Å². The third-order valence-corrected chi connectivity index (χ3v) is 2.92. The van der Waals surface area contributed by atoms with Crippen LogP contribution in [0.1, 0.15) is 40.0 Å². The highest BCUT2D eigenvalue weighted by atomic mass is 16.3. The summed E-state index contributed by atoms with van der Waals surface area (Å²) >= 11 is 0. The van der Waals surface area contributed by atoms with E-state index in [1.54, 1.807) is 4.90 Å². The van der Waals surface area contributed by atoms with E-state index in [1.165, 1.54) is 0 Å². The van der Waals surface area contributed by atoms with Crippen molar-refractivity contribution in [2.45, 2.75) is 45.6 Å². The maximum atomic E-state index is 11.5. The molecule has 0 aromatic carbocycles. The minimum atomic E-state index is -0.590. The van der Waals surface area contributed by atoms with Crippen molar-refractivity contribution in [3.8, 4) is 0 Å². The Morgan fingerprint density at radius 3 is 2.50 bits per heavy atom. The molecule has 3 nitrogen and oxygen atoms in total. The first-order chi connectivity index (χ1) is 6.47. The van der Waals surface area contributed by atoms with Gasteiger partial charge in [-0.05, 0) is 18.8 Å². The largest absolute Gasteiger partial charge is 0.386 e. The van der Waals surface area contributed by atoms with E-state index in [2.05, 4.69) is 13.8 Å². The van der Waals surface area contributed by atoms with Crippen LogP contribution in [0.2, 0.25) is 0 Å². The van der Waals surface area contributed by atoms with E-state index >= 15 is 0 Å². The van der Waals surface area contributed by atoms with Crippen LogP contribution in [0.3, 0.4) is 0 Å². The lowest BCUT2D eigenvalue weighted by molar-refractivity contribution is -0.156. The SMILES string of the molecule is CCC1(O)CN(C(=O)CCC(C)C)C1. The number of aliphatic hydroxyl groups is 1. The highest BCUT2D eigenvalue weighted by Crippen LogP contribution is 2.25. The Morgan fingerprint density at radius 1 is 1.50 bits per heavy atom. The van der Waals surface area contributed by atoms with Gasteiger partial charge in [0, 0.05) is 6.42 Å². The number of nitrogens with zero attached hydrogens (tertiary/aromatic N) is 1. The molecule has 1 heterocycles. The van der Waals surface area contributed by atoms with Crippen molar-refractivity contribution < 1.29 is 9.90 Å². The quantitative estimate of drug-likeness (QED) is 0.743. The number of β-amino-alcohol motifs (C(OH)–C–C–N with tert-alkyl or cyclic N) is 1. The van der Waals surface area contributed by atoms with Crippen LogP contribution >= 0.6 is 0 Å². The molecule has 3 heteroatoms. The first kappa shape index (κ1) is 11.5. The first-order valence-electron chi connectivity index (χ1n) is 5.47. The summed E-state index contributed by atoms with van der Waals surface area (Å²) in [6.45, 7) is 7.24. The van der Waals surface area contributed by atoms with Crippen LogP contribution in [0.15, 0.2) is 0 Å². The first-order valence-corrected chi connectivity index (χ1v) is 5.47. The van der Waals surface area contributed by atoms with Gasteiger partial charge in [0.25, 0.3) is 0 Å². The number of hydrogen-bond donors (Lipinski definition) is 1. The van der Waals surface area contributed by atoms with Crippen molar-refractivity contribution in [1.82, 2.24) is 4.90 Å². The molecule has 0 saturated carbocycles. The van der Waals surface area contributed by atoms with Crippen molar-refractivity contribution >= 4 is 5.91 Å². The zero-order chi connectivity index (χ0) is 10.8. The van der Waals surface area contributed by atoms with E-state index < -0.39 is 5.60 Å². The lowest BCUT2D eigenvalue weighted by atomic mass is 9.91. The normalized spacial score (nSPS) is 19.6. The zero-order valence-corrected chi connectivity index (χ0v) is 9.42. The molecule has 0 aromatic rings. The van der Waals surface area contributed by atoms with Crippen LogP contribution in [-0.2, 0) is 4.79 Å². The highest BCUT2D eigenvalue weighted by Gasteiger charge is 2.41. The van der Waals surface area contributed by atoms with Gasteiger partial charge in [-0.1, -0.05) is 20.8 Å². The fraction of sp³-hybridized carbons (Fsp3) is 0.909. The maximum Gasteiger partial charge on any atom is 0.222 e. The van der Waals surface area contributed by atoms with Gasteiger partial charge in [-0.25, -0.2) is 0 Å². The molecule has 82 valence electrons. The van der Waals surface area contributed by atoms with Crippen LogP contribution in [0, 0.1) is 5.92 Å². The number of rotatable bonds is 4. The Morgan fingerprint density at radius 2 is 2.07 bits per heavy atom. The standard InChI is InChI=1S/C11H21NO2/c1-4-11(14)7-12(8-11)10(13)6-5-9(2)3/h9,14H,4-8H2,1-3H3. The van der Waals surface area contributed by atoms with Gasteiger partial charge in [0.2, 0.25) is 5.91 Å². The average molecular weight is 199 g/mol. The third kappa shape index (κ3) is 2.71. The number of hydrogen-bond acceptors (Lipinski definition) is 2. The third-order valence-electron chi connectivity index (χ3n) is 2.92. The summed E-state index contributed by atoms with van der Waals surface area (Å²) in [4.78, 5) is 13.3. The Balaban J connectivity index is 2.23. The molecule has 1 saturated heterocycles. The number of likely N-dealkylation sites (tertiary alicyclic amines) is 1. The molecule has 0 aliphatic carbocycles. The molecule has 1 aliphatic rings. The van der Waals surface area contributed by atoms with Crippen molar-refractivity contribution in [3.05, 3.63) is 0 Å². The van der Waals surface area contributed by atoms with Gasteiger partial charge in [-0.3, -0.25) is 4.79 Å². The summed E-state index contributed by atoms with van der Waals surface area (Å²) in [6.07, 6.45) is 2.30. The predicted molar refractivity (Wildman–Crippen MR) is 55.9 cm³/mol. The number of amides is 1. The molecule has 1 rings (SSSR count). The molecule has 14 heavy (non-hydrogen) atoms. The minimum Gasteiger partial charge on any atom is -0.386 e. The van der Waals surface area contributed by atoms with E-state index in [4.69, 9.17) is 0 Å². The fourth-order valence-electron chi connectivity index (χ4n) is 1.63. The van der Waals surface area contributed by atoms with E-state index in [9.17, 15) is 9.90 Å². The second-order valence-corrected chi connectivity index (χ2v) is 4.76. The second-order valence-electron chi connectivity index (χ2n) is 4.76. The summed E-state index contributed by atoms with van der Waals surface area (Å²) in [5.41, 5.74) is -0.590. The van der Waals surface area contributed by atoms with Gasteiger partial charge in [0.15, 0.2) is 0 Å². The molecule has 0 aromatic heterocycles. The highest BCUT2D eigenvalue weighted by molar-refractivity contribution is 5.77. The molecule has 1 amide bonds. The van der Waals surface area contributed by atoms with Gasteiger partial charge < -0.3 is 10.0 Å². The van der Waals surface area contributed by atoms with Crippen LogP contribution in [0.4, 0.5) is 0 Å². The summed E-state index contributed by atoms with van der Waals surface area (Å²) in [7, 11) is 0. The molecule has 0 bridgehead atoms. The number of carbonyl (C=O) groups is 1. The second kappa shape index (κ2) is 4.30. The van der Waals surface area contributed by atoms with Crippen LogP contribution < -0.4 is 0 Å². The fourth-order valence-corrected chi connectivity index (χ4v) is 1.63.